The van der Waals surface area contributed by atoms with Crippen LogP contribution in [0.5, 0.6) is 0 Å². The van der Waals surface area contributed by atoms with Gasteiger partial charge in [0, 0.05) is 42.5 Å². The summed E-state index contributed by atoms with van der Waals surface area (Å²) >= 11 is 1.88. The van der Waals surface area contributed by atoms with Crippen LogP contribution in [-0.4, -0.2) is 0 Å². The standard InChI is InChI=1S/C49H35NS/c1-49(2)43-18-8-6-16-40(43)48-44(49)19-11-20-45(48)50(36-26-22-33(23-27-36)32-12-4-3-5-13-32)37-28-24-34(25-29-37)38-17-10-14-35-30-47-42(31-41(35)38)39-15-7-9-21-46(39)51-47/h3-31H,1-2H3. The largest absolute Gasteiger partial charge is 0.310 e. The number of fused-ring (bicyclic) bond motifs is 7. The molecule has 10 rings (SSSR count). The van der Waals surface area contributed by atoms with Crippen LogP contribution in [0.1, 0.15) is 25.0 Å². The highest BCUT2D eigenvalue weighted by atomic mass is 32.1. The van der Waals surface area contributed by atoms with Crippen molar-refractivity contribution in [1.82, 2.24) is 0 Å². The lowest BCUT2D eigenvalue weighted by atomic mass is 9.82. The van der Waals surface area contributed by atoms with Gasteiger partial charge in [-0.2, -0.15) is 0 Å². The number of hydrogen-bond acceptors (Lipinski definition) is 2. The Morgan fingerprint density at radius 2 is 1.06 bits per heavy atom. The van der Waals surface area contributed by atoms with Crippen LogP contribution in [0.2, 0.25) is 0 Å². The van der Waals surface area contributed by atoms with Crippen molar-refractivity contribution in [2.45, 2.75) is 19.3 Å². The SMILES string of the molecule is CC1(C)c2ccccc2-c2c(N(c3ccc(-c4ccccc4)cc3)c3ccc(-c4cccc5cc6sc7ccccc7c6cc45)cc3)cccc21. The molecular formula is C49H35NS. The maximum Gasteiger partial charge on any atom is 0.0543 e. The van der Waals surface area contributed by atoms with E-state index >= 15 is 0 Å². The summed E-state index contributed by atoms with van der Waals surface area (Å²) < 4.78 is 2.68. The van der Waals surface area contributed by atoms with Crippen molar-refractivity contribution < 1.29 is 0 Å². The van der Waals surface area contributed by atoms with E-state index in [1.165, 1.54) is 81.1 Å². The van der Waals surface area contributed by atoms with Crippen LogP contribution in [0, 0.1) is 0 Å². The van der Waals surface area contributed by atoms with E-state index in [1.807, 2.05) is 11.3 Å². The maximum absolute atomic E-state index is 2.44. The molecule has 1 heterocycles. The lowest BCUT2D eigenvalue weighted by Gasteiger charge is -2.29. The Balaban J connectivity index is 1.13. The average molecular weight is 670 g/mol. The number of rotatable bonds is 5. The van der Waals surface area contributed by atoms with Gasteiger partial charge >= 0.3 is 0 Å². The number of hydrogen-bond donors (Lipinski definition) is 0. The van der Waals surface area contributed by atoms with Crippen LogP contribution in [0.4, 0.5) is 17.1 Å². The number of thiophene rings is 1. The molecule has 1 aromatic heterocycles. The summed E-state index contributed by atoms with van der Waals surface area (Å²) in [6.45, 7) is 4.71. The molecule has 0 unspecified atom stereocenters. The van der Waals surface area contributed by atoms with Gasteiger partial charge in [0.2, 0.25) is 0 Å². The third-order valence-corrected chi connectivity index (χ3v) is 12.0. The van der Waals surface area contributed by atoms with Gasteiger partial charge in [0.05, 0.1) is 5.69 Å². The summed E-state index contributed by atoms with van der Waals surface area (Å²) in [5.41, 5.74) is 13.7. The second kappa shape index (κ2) is 11.6. The van der Waals surface area contributed by atoms with E-state index in [4.69, 9.17) is 0 Å². The van der Waals surface area contributed by atoms with E-state index in [1.54, 1.807) is 0 Å². The molecule has 0 atom stereocenters. The molecule has 242 valence electrons. The molecule has 0 N–H and O–H groups in total. The fourth-order valence-corrected chi connectivity index (χ4v) is 9.46. The Kier molecular flexibility index (Phi) is 6.78. The van der Waals surface area contributed by atoms with Crippen molar-refractivity contribution in [2.75, 3.05) is 4.90 Å². The number of benzene rings is 8. The molecular weight excluding hydrogens is 635 g/mol. The lowest BCUT2D eigenvalue weighted by molar-refractivity contribution is 0.660. The summed E-state index contributed by atoms with van der Waals surface area (Å²) in [6, 6.07) is 64.8. The van der Waals surface area contributed by atoms with Crippen molar-refractivity contribution in [3.8, 4) is 33.4 Å². The minimum atomic E-state index is -0.0812. The predicted octanol–water partition coefficient (Wildman–Crippen LogP) is 14.3. The molecule has 0 spiro atoms. The molecule has 9 aromatic rings. The minimum absolute atomic E-state index is 0.0812. The molecule has 1 aliphatic rings. The molecule has 0 amide bonds. The monoisotopic (exact) mass is 669 g/mol. The maximum atomic E-state index is 2.44. The van der Waals surface area contributed by atoms with Crippen molar-refractivity contribution >= 4 is 59.3 Å². The van der Waals surface area contributed by atoms with Crippen LogP contribution >= 0.6 is 11.3 Å². The van der Waals surface area contributed by atoms with Gasteiger partial charge in [-0.15, -0.1) is 11.3 Å². The Morgan fingerprint density at radius 3 is 1.86 bits per heavy atom. The van der Waals surface area contributed by atoms with E-state index in [-0.39, 0.29) is 5.41 Å². The first-order chi connectivity index (χ1) is 25.0. The van der Waals surface area contributed by atoms with Crippen LogP contribution in [0.15, 0.2) is 176 Å². The summed E-state index contributed by atoms with van der Waals surface area (Å²) in [4.78, 5) is 2.44. The van der Waals surface area contributed by atoms with Crippen LogP contribution in [-0.2, 0) is 5.41 Å². The van der Waals surface area contributed by atoms with Gasteiger partial charge in [0.1, 0.15) is 0 Å². The molecule has 0 saturated heterocycles. The zero-order valence-electron chi connectivity index (χ0n) is 28.6. The molecule has 1 nitrogen and oxygen atoms in total. The van der Waals surface area contributed by atoms with Gasteiger partial charge in [-0.25, -0.2) is 0 Å². The van der Waals surface area contributed by atoms with Gasteiger partial charge in [-0.3, -0.25) is 0 Å². The summed E-state index contributed by atoms with van der Waals surface area (Å²) in [6.07, 6.45) is 0. The van der Waals surface area contributed by atoms with Gasteiger partial charge in [0.15, 0.2) is 0 Å². The second-order valence-electron chi connectivity index (χ2n) is 14.1. The van der Waals surface area contributed by atoms with E-state index < -0.39 is 0 Å². The van der Waals surface area contributed by atoms with Crippen LogP contribution in [0.3, 0.4) is 0 Å². The van der Waals surface area contributed by atoms with E-state index in [0.717, 1.165) is 11.4 Å². The Bertz CT molecular complexity index is 2750. The molecule has 0 saturated carbocycles. The third-order valence-electron chi connectivity index (χ3n) is 10.9. The zero-order valence-corrected chi connectivity index (χ0v) is 29.4. The van der Waals surface area contributed by atoms with Crippen molar-refractivity contribution in [1.29, 1.82) is 0 Å². The van der Waals surface area contributed by atoms with Crippen LogP contribution in [0.25, 0.3) is 64.3 Å². The molecule has 51 heavy (non-hydrogen) atoms. The molecule has 2 heteroatoms. The fourth-order valence-electron chi connectivity index (χ4n) is 8.32. The first kappa shape index (κ1) is 29.9. The summed E-state index contributed by atoms with van der Waals surface area (Å²) in [5.74, 6) is 0. The molecule has 0 bridgehead atoms. The molecule has 0 radical (unpaired) electrons. The predicted molar refractivity (Wildman–Crippen MR) is 220 cm³/mol. The van der Waals surface area contributed by atoms with Crippen molar-refractivity contribution in [3.05, 3.63) is 187 Å². The van der Waals surface area contributed by atoms with Gasteiger partial charge in [-0.1, -0.05) is 141 Å². The van der Waals surface area contributed by atoms with Gasteiger partial charge in [-0.05, 0) is 98.2 Å². The van der Waals surface area contributed by atoms with E-state index in [9.17, 15) is 0 Å². The topological polar surface area (TPSA) is 3.24 Å². The van der Waals surface area contributed by atoms with Crippen LogP contribution < -0.4 is 4.90 Å². The highest BCUT2D eigenvalue weighted by molar-refractivity contribution is 7.25. The molecule has 0 fully saturated rings. The molecule has 1 aliphatic carbocycles. The highest BCUT2D eigenvalue weighted by Gasteiger charge is 2.37. The number of nitrogens with zero attached hydrogens (tertiary/aromatic N) is 1. The first-order valence-electron chi connectivity index (χ1n) is 17.7. The second-order valence-corrected chi connectivity index (χ2v) is 15.2. The quantitative estimate of drug-likeness (QED) is 0.176. The highest BCUT2D eigenvalue weighted by Crippen LogP contribution is 2.54. The minimum Gasteiger partial charge on any atom is -0.310 e. The first-order valence-corrected chi connectivity index (χ1v) is 18.5. The average Bonchev–Trinajstić information content (AvgIpc) is 3.66. The van der Waals surface area contributed by atoms with Crippen molar-refractivity contribution in [3.63, 3.8) is 0 Å². The summed E-state index contributed by atoms with van der Waals surface area (Å²) in [5, 5.41) is 5.23. The van der Waals surface area contributed by atoms with E-state index in [2.05, 4.69) is 195 Å². The Morgan fingerprint density at radius 1 is 0.431 bits per heavy atom. The molecule has 0 aliphatic heterocycles. The van der Waals surface area contributed by atoms with Crippen molar-refractivity contribution in [2.24, 2.45) is 0 Å². The summed E-state index contributed by atoms with van der Waals surface area (Å²) in [7, 11) is 0. The van der Waals surface area contributed by atoms with Gasteiger partial charge < -0.3 is 4.90 Å². The lowest BCUT2D eigenvalue weighted by Crippen LogP contribution is -2.16. The third kappa shape index (κ3) is 4.75. The van der Waals surface area contributed by atoms with Gasteiger partial charge in [0.25, 0.3) is 0 Å². The fraction of sp³-hybridized carbons (Fsp3) is 0.0612. The normalized spacial score (nSPS) is 13.1. The Labute approximate surface area is 302 Å². The van der Waals surface area contributed by atoms with E-state index in [0.29, 0.717) is 0 Å². The smallest absolute Gasteiger partial charge is 0.0543 e. The molecule has 8 aromatic carbocycles. The number of anilines is 3. The Hall–Kier alpha value is -5.96. The zero-order chi connectivity index (χ0) is 34.1.